The van der Waals surface area contributed by atoms with E-state index in [0.717, 1.165) is 0 Å². The van der Waals surface area contributed by atoms with Gasteiger partial charge in [-0.1, -0.05) is 0 Å². The maximum atomic E-state index is 11.9. The van der Waals surface area contributed by atoms with E-state index in [9.17, 15) is 15.0 Å². The number of phenolic OH excluding ortho intramolecular Hbond substituents is 2. The molecule has 6 heteroatoms. The molecule has 5 N–H and O–H groups in total. The first-order valence-electron chi connectivity index (χ1n) is 6.20. The Hall–Kier alpha value is -3.02. The lowest BCUT2D eigenvalue weighted by Crippen LogP contribution is -2.19. The van der Waals surface area contributed by atoms with Crippen molar-refractivity contribution in [2.45, 2.75) is 6.92 Å². The van der Waals surface area contributed by atoms with Gasteiger partial charge in [-0.15, -0.1) is 0 Å². The number of nitrogen functional groups attached to an aromatic ring is 1. The van der Waals surface area contributed by atoms with Gasteiger partial charge in [0.05, 0.1) is 5.71 Å². The molecule has 0 fully saturated rings. The van der Waals surface area contributed by atoms with E-state index < -0.39 is 0 Å². The Balaban J connectivity index is 2.12. The van der Waals surface area contributed by atoms with Crippen LogP contribution >= 0.6 is 0 Å². The first-order valence-corrected chi connectivity index (χ1v) is 6.20. The summed E-state index contributed by atoms with van der Waals surface area (Å²) in [5.74, 6) is -0.541. The van der Waals surface area contributed by atoms with E-state index in [2.05, 4.69) is 10.5 Å². The van der Waals surface area contributed by atoms with Crippen molar-refractivity contribution in [2.24, 2.45) is 5.10 Å². The monoisotopic (exact) mass is 285 g/mol. The number of anilines is 1. The van der Waals surface area contributed by atoms with Gasteiger partial charge in [0.1, 0.15) is 11.5 Å². The number of hydrogen-bond donors (Lipinski definition) is 4. The molecule has 0 aliphatic carbocycles. The second-order valence-corrected chi connectivity index (χ2v) is 4.46. The molecule has 108 valence electrons. The molecule has 0 unspecified atom stereocenters. The van der Waals surface area contributed by atoms with Gasteiger partial charge in [-0.25, -0.2) is 5.43 Å². The summed E-state index contributed by atoms with van der Waals surface area (Å²) in [6.45, 7) is 1.63. The van der Waals surface area contributed by atoms with E-state index in [1.54, 1.807) is 31.2 Å². The highest BCUT2D eigenvalue weighted by molar-refractivity contribution is 6.02. The third-order valence-electron chi connectivity index (χ3n) is 2.87. The molecule has 6 nitrogen and oxygen atoms in total. The fourth-order valence-corrected chi connectivity index (χ4v) is 1.72. The van der Waals surface area contributed by atoms with Crippen molar-refractivity contribution in [3.63, 3.8) is 0 Å². The lowest BCUT2D eigenvalue weighted by molar-refractivity contribution is 0.0955. The Morgan fingerprint density at radius 2 is 1.81 bits per heavy atom. The molecule has 0 spiro atoms. The molecule has 0 saturated carbocycles. The molecule has 0 heterocycles. The molecule has 2 rings (SSSR count). The van der Waals surface area contributed by atoms with Gasteiger partial charge in [-0.3, -0.25) is 4.79 Å². The predicted octanol–water partition coefficient (Wildman–Crippen LogP) is 1.83. The number of nitrogens with one attached hydrogen (secondary N) is 1. The highest BCUT2D eigenvalue weighted by Crippen LogP contribution is 2.22. The molecule has 0 aliphatic heterocycles. The van der Waals surface area contributed by atoms with Crippen LogP contribution in [0, 0.1) is 0 Å². The Morgan fingerprint density at radius 3 is 2.43 bits per heavy atom. The zero-order chi connectivity index (χ0) is 15.4. The molecule has 2 aromatic carbocycles. The van der Waals surface area contributed by atoms with Crippen LogP contribution in [-0.4, -0.2) is 21.8 Å². The fourth-order valence-electron chi connectivity index (χ4n) is 1.72. The summed E-state index contributed by atoms with van der Waals surface area (Å²) in [6, 6.07) is 10.6. The van der Waals surface area contributed by atoms with Crippen LogP contribution in [0.4, 0.5) is 5.69 Å². The van der Waals surface area contributed by atoms with Gasteiger partial charge < -0.3 is 15.9 Å². The zero-order valence-electron chi connectivity index (χ0n) is 11.4. The molecule has 0 aromatic heterocycles. The first-order chi connectivity index (χ1) is 9.97. The number of hydrogen-bond acceptors (Lipinski definition) is 5. The van der Waals surface area contributed by atoms with Gasteiger partial charge in [0.15, 0.2) is 0 Å². The quantitative estimate of drug-likeness (QED) is 0.392. The average Bonchev–Trinajstić information content (AvgIpc) is 2.45. The zero-order valence-corrected chi connectivity index (χ0v) is 11.4. The number of benzene rings is 2. The van der Waals surface area contributed by atoms with Gasteiger partial charge >= 0.3 is 0 Å². The van der Waals surface area contributed by atoms with E-state index >= 15 is 0 Å². The maximum Gasteiger partial charge on any atom is 0.271 e. The summed E-state index contributed by atoms with van der Waals surface area (Å²) in [5.41, 5.74) is 9.77. The van der Waals surface area contributed by atoms with Crippen LogP contribution in [0.1, 0.15) is 22.8 Å². The van der Waals surface area contributed by atoms with Crippen LogP contribution in [0.15, 0.2) is 47.6 Å². The molecule has 0 bridgehead atoms. The summed E-state index contributed by atoms with van der Waals surface area (Å²) < 4.78 is 0. The minimum Gasteiger partial charge on any atom is -0.508 e. The van der Waals surface area contributed by atoms with Crippen molar-refractivity contribution in [2.75, 3.05) is 5.73 Å². The van der Waals surface area contributed by atoms with Gasteiger partial charge in [-0.05, 0) is 43.3 Å². The summed E-state index contributed by atoms with van der Waals surface area (Å²) in [7, 11) is 0. The lowest BCUT2D eigenvalue weighted by atomic mass is 10.1. The fraction of sp³-hybridized carbons (Fsp3) is 0.0667. The van der Waals surface area contributed by atoms with Crippen molar-refractivity contribution < 1.29 is 15.0 Å². The Kier molecular flexibility index (Phi) is 4.08. The van der Waals surface area contributed by atoms with Gasteiger partial charge in [0.2, 0.25) is 0 Å². The SMILES string of the molecule is C/C(=N/NC(=O)c1ccc(N)cc1)c1ccc(O)cc1O. The number of carbonyl (C=O) groups is 1. The highest BCUT2D eigenvalue weighted by atomic mass is 16.3. The molecule has 0 atom stereocenters. The third kappa shape index (κ3) is 3.50. The van der Waals surface area contributed by atoms with Crippen molar-refractivity contribution in [1.29, 1.82) is 0 Å². The number of nitrogens with zero attached hydrogens (tertiary/aromatic N) is 1. The highest BCUT2D eigenvalue weighted by Gasteiger charge is 2.07. The summed E-state index contributed by atoms with van der Waals surface area (Å²) in [4.78, 5) is 11.9. The van der Waals surface area contributed by atoms with Gasteiger partial charge in [0.25, 0.3) is 5.91 Å². The number of phenols is 2. The number of rotatable bonds is 3. The summed E-state index contributed by atoms with van der Waals surface area (Å²) >= 11 is 0. The molecule has 0 radical (unpaired) electrons. The lowest BCUT2D eigenvalue weighted by Gasteiger charge is -2.05. The van der Waals surface area contributed by atoms with E-state index in [1.165, 1.54) is 18.2 Å². The Labute approximate surface area is 121 Å². The molecular formula is C15H15N3O3. The van der Waals surface area contributed by atoms with Crippen LogP contribution < -0.4 is 11.2 Å². The maximum absolute atomic E-state index is 11.9. The van der Waals surface area contributed by atoms with Crippen LogP contribution in [0.25, 0.3) is 0 Å². The normalized spacial score (nSPS) is 11.2. The predicted molar refractivity (Wildman–Crippen MR) is 80.3 cm³/mol. The van der Waals surface area contributed by atoms with Crippen LogP contribution in [0.2, 0.25) is 0 Å². The number of nitrogens with two attached hydrogens (primary N) is 1. The molecule has 21 heavy (non-hydrogen) atoms. The van der Waals surface area contributed by atoms with E-state index in [0.29, 0.717) is 22.5 Å². The molecule has 1 amide bonds. The average molecular weight is 285 g/mol. The first kappa shape index (κ1) is 14.4. The molecule has 2 aromatic rings. The van der Waals surface area contributed by atoms with Crippen molar-refractivity contribution in [1.82, 2.24) is 5.43 Å². The number of hydrazone groups is 1. The second-order valence-electron chi connectivity index (χ2n) is 4.46. The summed E-state index contributed by atoms with van der Waals surface area (Å²) in [6.07, 6.45) is 0. The number of amides is 1. The standard InChI is InChI=1S/C15H15N3O3/c1-9(13-7-6-12(19)8-14(13)20)17-18-15(21)10-2-4-11(16)5-3-10/h2-8,19-20H,16H2,1H3,(H,18,21)/b17-9-. The van der Waals surface area contributed by atoms with Crippen LogP contribution in [0.5, 0.6) is 11.5 Å². The van der Waals surface area contributed by atoms with E-state index in [-0.39, 0.29) is 17.4 Å². The molecule has 0 saturated heterocycles. The Morgan fingerprint density at radius 1 is 1.14 bits per heavy atom. The smallest absolute Gasteiger partial charge is 0.271 e. The summed E-state index contributed by atoms with van der Waals surface area (Å²) in [5, 5.41) is 22.9. The second kappa shape index (κ2) is 5.96. The minimum atomic E-state index is -0.382. The molecular weight excluding hydrogens is 270 g/mol. The topological polar surface area (TPSA) is 108 Å². The Bertz CT molecular complexity index is 694. The number of carbonyl (C=O) groups excluding carboxylic acids is 1. The number of aromatic hydroxyl groups is 2. The van der Waals surface area contributed by atoms with E-state index in [1.807, 2.05) is 0 Å². The van der Waals surface area contributed by atoms with Gasteiger partial charge in [-0.2, -0.15) is 5.10 Å². The molecule has 0 aliphatic rings. The van der Waals surface area contributed by atoms with Crippen molar-refractivity contribution >= 4 is 17.3 Å². The van der Waals surface area contributed by atoms with Crippen molar-refractivity contribution in [3.8, 4) is 11.5 Å². The van der Waals surface area contributed by atoms with E-state index in [4.69, 9.17) is 5.73 Å². The van der Waals surface area contributed by atoms with Gasteiger partial charge in [0, 0.05) is 22.9 Å². The minimum absolute atomic E-state index is 0.0463. The third-order valence-corrected chi connectivity index (χ3v) is 2.87. The van der Waals surface area contributed by atoms with Crippen LogP contribution in [0.3, 0.4) is 0 Å². The largest absolute Gasteiger partial charge is 0.508 e. The van der Waals surface area contributed by atoms with Crippen molar-refractivity contribution in [3.05, 3.63) is 53.6 Å². The van der Waals surface area contributed by atoms with Crippen LogP contribution in [-0.2, 0) is 0 Å².